The maximum atomic E-state index is 14.1. The fourth-order valence-electron chi connectivity index (χ4n) is 6.50. The molecule has 1 aromatic rings. The highest BCUT2D eigenvalue weighted by molar-refractivity contribution is 6.18. The minimum Gasteiger partial charge on any atom is -0.507 e. The molecule has 5 atom stereocenters. The van der Waals surface area contributed by atoms with Gasteiger partial charge in [0.25, 0.3) is 0 Å². The molecule has 2 aliphatic heterocycles. The molecule has 0 radical (unpaired) electrons. The number of fused-ring (bicyclic) bond motifs is 1. The Morgan fingerprint density at radius 3 is 2.51 bits per heavy atom. The summed E-state index contributed by atoms with van der Waals surface area (Å²) in [7, 11) is 0. The number of ketones is 2. The molecule has 4 bridgehead atoms. The summed E-state index contributed by atoms with van der Waals surface area (Å²) < 4.78 is 19.0. The number of aromatic hydroxyl groups is 2. The Bertz CT molecular complexity index is 1260. The predicted molar refractivity (Wildman–Crippen MR) is 138 cm³/mol. The molecule has 1 saturated carbocycles. The number of hydrogen-bond acceptors (Lipinski definition) is 7. The highest BCUT2D eigenvalue weighted by atomic mass is 16.6. The topological polar surface area (TPSA) is 102 Å². The van der Waals surface area contributed by atoms with E-state index < -0.39 is 17.1 Å². The minimum absolute atomic E-state index is 0.0167. The standard InChI is InChI=1S/C30H36O7/c1-15(2)7-8-18-23(31)12-24-25(26(18)32)27(33)21-11-19-20(13-35-17(5)6)22-14-36-29(28(19)34,10-9-16(3)4)30(21,22)37-24/h7,9,11-12,17,19-20,22,31-32H,8,10,13-14H2,1-6H3/t19-,20+,22-,29?,30-/m1/s1. The molecule has 0 amide bonds. The fraction of sp³-hybridized carbons (Fsp3) is 0.533. The number of carbonyl (C=O) groups excluding carboxylic acids is 2. The van der Waals surface area contributed by atoms with Gasteiger partial charge >= 0.3 is 0 Å². The zero-order valence-corrected chi connectivity index (χ0v) is 22.4. The molecular formula is C30H36O7. The third-order valence-corrected chi connectivity index (χ3v) is 8.28. The van der Waals surface area contributed by atoms with E-state index >= 15 is 0 Å². The zero-order valence-electron chi connectivity index (χ0n) is 22.4. The Kier molecular flexibility index (Phi) is 6.15. The first-order valence-corrected chi connectivity index (χ1v) is 13.0. The molecular weight excluding hydrogens is 472 g/mol. The number of allylic oxidation sites excluding steroid dienone is 4. The fourth-order valence-corrected chi connectivity index (χ4v) is 6.50. The molecule has 2 fully saturated rings. The van der Waals surface area contributed by atoms with Crippen molar-refractivity contribution in [3.05, 3.63) is 52.1 Å². The van der Waals surface area contributed by atoms with E-state index in [1.807, 2.05) is 53.7 Å². The predicted octanol–water partition coefficient (Wildman–Crippen LogP) is 4.84. The van der Waals surface area contributed by atoms with Gasteiger partial charge in [-0.05, 0) is 48.0 Å². The SMILES string of the molecule is CC(C)=CCc1c(O)cc2c(c1O)C(=O)C1=C[C@H]3C(=O)C4(CC=C(C)C)OC[C@H]([C@H]3COC(C)C)[C@]14O2. The van der Waals surface area contributed by atoms with E-state index in [-0.39, 0.29) is 77.3 Å². The van der Waals surface area contributed by atoms with Gasteiger partial charge in [-0.1, -0.05) is 29.4 Å². The van der Waals surface area contributed by atoms with Gasteiger partial charge in [0.1, 0.15) is 22.8 Å². The van der Waals surface area contributed by atoms with Crippen LogP contribution in [0.15, 0.2) is 41.0 Å². The van der Waals surface area contributed by atoms with E-state index in [0.717, 1.165) is 11.1 Å². The van der Waals surface area contributed by atoms with Crippen LogP contribution in [0.4, 0.5) is 0 Å². The number of hydrogen-bond donors (Lipinski definition) is 2. The second-order valence-electron chi connectivity index (χ2n) is 11.5. The molecule has 2 N–H and O–H groups in total. The zero-order chi connectivity index (χ0) is 26.9. The lowest BCUT2D eigenvalue weighted by molar-refractivity contribution is -0.173. The van der Waals surface area contributed by atoms with Gasteiger partial charge in [-0.2, -0.15) is 0 Å². The second-order valence-corrected chi connectivity index (χ2v) is 11.5. The first-order chi connectivity index (χ1) is 17.4. The van der Waals surface area contributed by atoms with Gasteiger partial charge in [0.15, 0.2) is 22.8 Å². The van der Waals surface area contributed by atoms with Gasteiger partial charge in [-0.15, -0.1) is 0 Å². The summed E-state index contributed by atoms with van der Waals surface area (Å²) in [5.41, 5.74) is -0.0141. The largest absolute Gasteiger partial charge is 0.507 e. The van der Waals surface area contributed by atoms with E-state index in [4.69, 9.17) is 14.2 Å². The molecule has 6 rings (SSSR count). The van der Waals surface area contributed by atoms with Crippen LogP contribution in [-0.4, -0.2) is 52.3 Å². The molecule has 37 heavy (non-hydrogen) atoms. The molecule has 7 heteroatoms. The highest BCUT2D eigenvalue weighted by Gasteiger charge is 2.79. The third-order valence-electron chi connectivity index (χ3n) is 8.28. The van der Waals surface area contributed by atoms with Crippen molar-refractivity contribution in [2.45, 2.75) is 71.7 Å². The van der Waals surface area contributed by atoms with Crippen LogP contribution in [0.3, 0.4) is 0 Å². The summed E-state index contributed by atoms with van der Waals surface area (Å²) in [6.45, 7) is 12.2. The van der Waals surface area contributed by atoms with Crippen LogP contribution >= 0.6 is 0 Å². The van der Waals surface area contributed by atoms with Crippen molar-refractivity contribution in [3.8, 4) is 17.2 Å². The summed E-state index contributed by atoms with van der Waals surface area (Å²) in [4.78, 5) is 28.2. The Labute approximate surface area is 217 Å². The number of phenolic OH excluding ortho intramolecular Hbond substituents is 2. The first-order valence-electron chi connectivity index (χ1n) is 13.0. The number of Topliss-reactive ketones (excluding diaryl/α,β-unsaturated/α-hetero) is 2. The van der Waals surface area contributed by atoms with Crippen LogP contribution in [0.5, 0.6) is 17.2 Å². The van der Waals surface area contributed by atoms with E-state index in [9.17, 15) is 19.8 Å². The Morgan fingerprint density at radius 1 is 1.16 bits per heavy atom. The maximum absolute atomic E-state index is 14.1. The van der Waals surface area contributed by atoms with Crippen molar-refractivity contribution < 1.29 is 34.0 Å². The number of ether oxygens (including phenoxy) is 3. The first kappa shape index (κ1) is 25.7. The monoisotopic (exact) mass is 508 g/mol. The maximum Gasteiger partial charge on any atom is 0.200 e. The van der Waals surface area contributed by atoms with Gasteiger partial charge in [-0.3, -0.25) is 9.59 Å². The average Bonchev–Trinajstić information content (AvgIpc) is 3.09. The molecule has 198 valence electrons. The smallest absolute Gasteiger partial charge is 0.200 e. The second kappa shape index (κ2) is 8.84. The van der Waals surface area contributed by atoms with Crippen LogP contribution in [0.25, 0.3) is 0 Å². The average molecular weight is 509 g/mol. The van der Waals surface area contributed by atoms with Gasteiger partial charge in [0.05, 0.1) is 19.3 Å². The lowest BCUT2D eigenvalue weighted by atomic mass is 9.49. The lowest BCUT2D eigenvalue weighted by Gasteiger charge is -2.58. The lowest BCUT2D eigenvalue weighted by Crippen LogP contribution is -2.74. The molecule has 2 heterocycles. The van der Waals surface area contributed by atoms with Crippen LogP contribution in [0, 0.1) is 17.8 Å². The summed E-state index contributed by atoms with van der Waals surface area (Å²) >= 11 is 0. The van der Waals surface area contributed by atoms with Crippen molar-refractivity contribution >= 4 is 11.6 Å². The molecule has 3 aliphatic carbocycles. The van der Waals surface area contributed by atoms with Crippen LogP contribution < -0.4 is 4.74 Å². The molecule has 1 saturated heterocycles. The van der Waals surface area contributed by atoms with E-state index in [1.54, 1.807) is 6.08 Å². The summed E-state index contributed by atoms with van der Waals surface area (Å²) in [6.07, 6.45) is 6.09. The number of phenols is 2. The number of benzene rings is 1. The van der Waals surface area contributed by atoms with Crippen molar-refractivity contribution in [2.24, 2.45) is 17.8 Å². The molecule has 5 aliphatic rings. The molecule has 0 aromatic heterocycles. The molecule has 1 aromatic carbocycles. The minimum atomic E-state index is -1.36. The highest BCUT2D eigenvalue weighted by Crippen LogP contribution is 2.65. The molecule has 1 unspecified atom stereocenters. The van der Waals surface area contributed by atoms with Crippen molar-refractivity contribution in [2.75, 3.05) is 13.2 Å². The van der Waals surface area contributed by atoms with Crippen LogP contribution in [0.1, 0.15) is 63.9 Å². The van der Waals surface area contributed by atoms with E-state index in [0.29, 0.717) is 12.2 Å². The van der Waals surface area contributed by atoms with Crippen molar-refractivity contribution in [1.29, 1.82) is 0 Å². The number of carbonyl (C=O) groups is 2. The van der Waals surface area contributed by atoms with Crippen LogP contribution in [0.2, 0.25) is 0 Å². The van der Waals surface area contributed by atoms with Gasteiger partial charge in [0.2, 0.25) is 0 Å². The molecule has 7 nitrogen and oxygen atoms in total. The van der Waals surface area contributed by atoms with Gasteiger partial charge < -0.3 is 24.4 Å². The van der Waals surface area contributed by atoms with Crippen LogP contribution in [-0.2, 0) is 20.7 Å². The van der Waals surface area contributed by atoms with Crippen molar-refractivity contribution in [1.82, 2.24) is 0 Å². The summed E-state index contributed by atoms with van der Waals surface area (Å²) in [5.74, 6) is -1.92. The third kappa shape index (κ3) is 3.54. The summed E-state index contributed by atoms with van der Waals surface area (Å²) in [5, 5.41) is 22.0. The van der Waals surface area contributed by atoms with Gasteiger partial charge in [-0.25, -0.2) is 0 Å². The molecule has 1 spiro atoms. The van der Waals surface area contributed by atoms with E-state index in [1.165, 1.54) is 6.07 Å². The normalized spacial score (nSPS) is 31.0. The van der Waals surface area contributed by atoms with E-state index in [2.05, 4.69) is 0 Å². The Balaban J connectivity index is 1.70. The van der Waals surface area contributed by atoms with Gasteiger partial charge in [0, 0.05) is 41.4 Å². The summed E-state index contributed by atoms with van der Waals surface area (Å²) in [6, 6.07) is 1.39. The number of rotatable bonds is 7. The van der Waals surface area contributed by atoms with Crippen molar-refractivity contribution in [3.63, 3.8) is 0 Å². The Morgan fingerprint density at radius 2 is 1.86 bits per heavy atom. The Hall–Kier alpha value is -2.90. The quantitative estimate of drug-likeness (QED) is 0.508.